The number of rotatable bonds is 3. The van der Waals surface area contributed by atoms with Crippen molar-refractivity contribution in [1.29, 1.82) is 0 Å². The molecule has 0 spiro atoms. The Balaban J connectivity index is 1.71. The maximum Gasteiger partial charge on any atom is 0.282 e. The van der Waals surface area contributed by atoms with Gasteiger partial charge in [0.1, 0.15) is 5.71 Å². The van der Waals surface area contributed by atoms with Gasteiger partial charge >= 0.3 is 0 Å². The molecule has 26 heavy (non-hydrogen) atoms. The lowest BCUT2D eigenvalue weighted by Crippen LogP contribution is -2.42. The highest BCUT2D eigenvalue weighted by molar-refractivity contribution is 6.35. The Morgan fingerprint density at radius 2 is 1.50 bits per heavy atom. The number of piperazine rings is 1. The van der Waals surface area contributed by atoms with E-state index in [1.165, 1.54) is 5.01 Å². The number of hydrogen-bond donors (Lipinski definition) is 0. The van der Waals surface area contributed by atoms with Crippen molar-refractivity contribution in [2.75, 3.05) is 38.2 Å². The van der Waals surface area contributed by atoms with Crippen molar-refractivity contribution >= 4 is 17.3 Å². The molecule has 1 amide bonds. The van der Waals surface area contributed by atoms with Crippen LogP contribution in [-0.2, 0) is 4.79 Å². The first-order chi connectivity index (χ1) is 12.7. The van der Waals surface area contributed by atoms with E-state index in [4.69, 9.17) is 0 Å². The number of nitrogens with zero attached hydrogens (tertiary/aromatic N) is 4. The molecular weight excluding hydrogens is 324 g/mol. The van der Waals surface area contributed by atoms with Crippen molar-refractivity contribution in [3.63, 3.8) is 0 Å². The number of anilines is 1. The molecule has 5 nitrogen and oxygen atoms in total. The Morgan fingerprint density at radius 1 is 0.885 bits per heavy atom. The minimum Gasteiger partial charge on any atom is -0.374 e. The van der Waals surface area contributed by atoms with Crippen LogP contribution in [0.25, 0.3) is 0 Å². The summed E-state index contributed by atoms with van der Waals surface area (Å²) in [6.07, 6.45) is 1.99. The molecule has 4 rings (SSSR count). The monoisotopic (exact) mass is 346 g/mol. The summed E-state index contributed by atoms with van der Waals surface area (Å²) in [5, 5.41) is 6.17. The van der Waals surface area contributed by atoms with Crippen LogP contribution in [0.15, 0.2) is 77.5 Å². The van der Waals surface area contributed by atoms with E-state index in [-0.39, 0.29) is 5.91 Å². The van der Waals surface area contributed by atoms with E-state index < -0.39 is 0 Å². The summed E-state index contributed by atoms with van der Waals surface area (Å²) in [4.78, 5) is 17.7. The first kappa shape index (κ1) is 16.5. The van der Waals surface area contributed by atoms with Crippen LogP contribution < -0.4 is 5.01 Å². The fourth-order valence-corrected chi connectivity index (χ4v) is 3.22. The first-order valence-corrected chi connectivity index (χ1v) is 8.91. The number of hydrogen-bond acceptors (Lipinski definition) is 4. The van der Waals surface area contributed by atoms with Gasteiger partial charge in [0.25, 0.3) is 5.91 Å². The maximum atomic E-state index is 13.1. The zero-order valence-electron chi connectivity index (χ0n) is 14.9. The third-order valence-corrected chi connectivity index (χ3v) is 4.78. The molecule has 0 bridgehead atoms. The number of amides is 1. The minimum absolute atomic E-state index is 0.0750. The van der Waals surface area contributed by atoms with Gasteiger partial charge in [-0.3, -0.25) is 4.79 Å². The van der Waals surface area contributed by atoms with Crippen molar-refractivity contribution in [3.05, 3.63) is 78.0 Å². The lowest BCUT2D eigenvalue weighted by Gasteiger charge is -2.31. The molecule has 0 atom stereocenters. The van der Waals surface area contributed by atoms with Gasteiger partial charge in [-0.1, -0.05) is 48.5 Å². The quantitative estimate of drug-likeness (QED) is 0.802. The van der Waals surface area contributed by atoms with Gasteiger partial charge < -0.3 is 9.80 Å². The van der Waals surface area contributed by atoms with Crippen molar-refractivity contribution in [3.8, 4) is 0 Å². The van der Waals surface area contributed by atoms with Crippen LogP contribution in [0.3, 0.4) is 0 Å². The van der Waals surface area contributed by atoms with Gasteiger partial charge in [-0.15, -0.1) is 0 Å². The van der Waals surface area contributed by atoms with Gasteiger partial charge in [0.15, 0.2) is 0 Å². The number of likely N-dealkylation sites (N-methyl/N-ethyl adjacent to an activating group) is 1. The molecule has 2 aromatic rings. The maximum absolute atomic E-state index is 13.1. The Kier molecular flexibility index (Phi) is 4.54. The third-order valence-electron chi connectivity index (χ3n) is 4.78. The van der Waals surface area contributed by atoms with Crippen LogP contribution in [0.5, 0.6) is 0 Å². The van der Waals surface area contributed by atoms with Crippen LogP contribution in [-0.4, -0.2) is 54.6 Å². The summed E-state index contributed by atoms with van der Waals surface area (Å²) in [6, 6.07) is 19.5. The average Bonchev–Trinajstić information content (AvgIpc) is 3.01. The fraction of sp³-hybridized carbons (Fsp3) is 0.238. The predicted octanol–water partition coefficient (Wildman–Crippen LogP) is 2.57. The summed E-state index contributed by atoms with van der Waals surface area (Å²) in [7, 11) is 2.12. The lowest BCUT2D eigenvalue weighted by molar-refractivity contribution is -0.114. The molecule has 0 aliphatic carbocycles. The molecule has 5 heteroatoms. The van der Waals surface area contributed by atoms with Crippen LogP contribution in [0.2, 0.25) is 0 Å². The zero-order chi connectivity index (χ0) is 17.9. The lowest BCUT2D eigenvalue weighted by atomic mass is 10.0. The summed E-state index contributed by atoms with van der Waals surface area (Å²) < 4.78 is 0. The average molecular weight is 346 g/mol. The van der Waals surface area contributed by atoms with E-state index in [0.717, 1.165) is 43.1 Å². The standard InChI is InChI=1S/C21H22N4O/c1-23-12-14-24(15-13-23)16-19-20(17-8-4-2-5-9-17)22-25(21(19)26)18-10-6-3-7-11-18/h2-11,16H,12-15H2,1H3/b19-16-. The number of benzene rings is 2. The molecule has 132 valence electrons. The molecule has 1 fully saturated rings. The van der Waals surface area contributed by atoms with Crippen molar-refractivity contribution < 1.29 is 4.79 Å². The second kappa shape index (κ2) is 7.14. The molecule has 2 aromatic carbocycles. The summed E-state index contributed by atoms with van der Waals surface area (Å²) in [5.41, 5.74) is 3.13. The predicted molar refractivity (Wildman–Crippen MR) is 104 cm³/mol. The Bertz CT molecular complexity index is 837. The molecule has 2 aliphatic heterocycles. The molecule has 2 heterocycles. The molecule has 0 radical (unpaired) electrons. The summed E-state index contributed by atoms with van der Waals surface area (Å²) in [6.45, 7) is 3.83. The highest BCUT2D eigenvalue weighted by atomic mass is 16.2. The smallest absolute Gasteiger partial charge is 0.282 e. The van der Waals surface area contributed by atoms with Crippen molar-refractivity contribution in [2.24, 2.45) is 5.10 Å². The van der Waals surface area contributed by atoms with Crippen molar-refractivity contribution in [1.82, 2.24) is 9.80 Å². The molecule has 0 aromatic heterocycles. The van der Waals surface area contributed by atoms with Gasteiger partial charge in [-0.25, -0.2) is 0 Å². The molecular formula is C21H22N4O. The SMILES string of the molecule is CN1CCN(/C=C2\C(=O)N(c3ccccc3)N=C2c2ccccc2)CC1. The van der Waals surface area contributed by atoms with Gasteiger partial charge in [0.05, 0.1) is 11.3 Å². The molecule has 2 aliphatic rings. The number of para-hydroxylation sites is 1. The van der Waals surface area contributed by atoms with E-state index in [0.29, 0.717) is 5.57 Å². The molecule has 1 saturated heterocycles. The van der Waals surface area contributed by atoms with E-state index in [9.17, 15) is 4.79 Å². The highest BCUT2D eigenvalue weighted by Crippen LogP contribution is 2.26. The zero-order valence-corrected chi connectivity index (χ0v) is 14.9. The minimum atomic E-state index is -0.0750. The second-order valence-electron chi connectivity index (χ2n) is 6.65. The van der Waals surface area contributed by atoms with E-state index in [1.54, 1.807) is 0 Å². The topological polar surface area (TPSA) is 39.1 Å². The van der Waals surface area contributed by atoms with Gasteiger partial charge in [0.2, 0.25) is 0 Å². The van der Waals surface area contributed by atoms with E-state index >= 15 is 0 Å². The highest BCUT2D eigenvalue weighted by Gasteiger charge is 2.32. The fourth-order valence-electron chi connectivity index (χ4n) is 3.22. The van der Waals surface area contributed by atoms with Crippen LogP contribution in [0.1, 0.15) is 5.56 Å². The summed E-state index contributed by atoms with van der Waals surface area (Å²) in [5.74, 6) is -0.0750. The van der Waals surface area contributed by atoms with Crippen LogP contribution >= 0.6 is 0 Å². The Hall–Kier alpha value is -2.92. The Labute approximate surface area is 153 Å². The molecule has 0 N–H and O–H groups in total. The van der Waals surface area contributed by atoms with Crippen LogP contribution in [0, 0.1) is 0 Å². The molecule has 0 saturated carbocycles. The molecule has 0 unspecified atom stereocenters. The van der Waals surface area contributed by atoms with Crippen molar-refractivity contribution in [2.45, 2.75) is 0 Å². The third kappa shape index (κ3) is 3.26. The van der Waals surface area contributed by atoms with Gasteiger partial charge in [-0.05, 0) is 19.2 Å². The van der Waals surface area contributed by atoms with Gasteiger partial charge in [-0.2, -0.15) is 10.1 Å². The first-order valence-electron chi connectivity index (χ1n) is 8.91. The van der Waals surface area contributed by atoms with Gasteiger partial charge in [0, 0.05) is 37.9 Å². The second-order valence-corrected chi connectivity index (χ2v) is 6.65. The number of hydrazone groups is 1. The largest absolute Gasteiger partial charge is 0.374 e. The number of carbonyl (C=O) groups excluding carboxylic acids is 1. The normalized spacial score (nSPS) is 20.0. The Morgan fingerprint density at radius 3 is 2.15 bits per heavy atom. The van der Waals surface area contributed by atoms with Crippen LogP contribution in [0.4, 0.5) is 5.69 Å². The number of carbonyl (C=O) groups is 1. The van der Waals surface area contributed by atoms with E-state index in [1.807, 2.05) is 66.9 Å². The summed E-state index contributed by atoms with van der Waals surface area (Å²) >= 11 is 0. The van der Waals surface area contributed by atoms with E-state index in [2.05, 4.69) is 21.9 Å².